The molecule has 2 heterocycles. The quantitative estimate of drug-likeness (QED) is 0.372. The standard InChI is InChI=1S/C17H25N7OS.3ClH/c1-12(25)20-9-13-5-4-6-14(22-13)15-11-26-17(23-15)21-10-16(18)19-7-8-24(2)3;;;/h4-6,10-11,16,19H,7-9,18H2,1-3H3,(H,20,25);3*1H. The summed E-state index contributed by atoms with van der Waals surface area (Å²) in [4.78, 5) is 26.4. The Morgan fingerprint density at radius 3 is 2.66 bits per heavy atom. The first-order valence-corrected chi connectivity index (χ1v) is 9.16. The normalized spacial score (nSPS) is 11.3. The highest BCUT2D eigenvalue weighted by molar-refractivity contribution is 7.13. The van der Waals surface area contributed by atoms with Crippen molar-refractivity contribution < 1.29 is 4.79 Å². The first-order chi connectivity index (χ1) is 12.4. The molecule has 12 heteroatoms. The highest BCUT2D eigenvalue weighted by atomic mass is 35.5. The molecular formula is C17H28Cl3N7OS. The zero-order valence-electron chi connectivity index (χ0n) is 16.5. The van der Waals surface area contributed by atoms with Gasteiger partial charge in [0, 0.05) is 31.6 Å². The molecule has 1 atom stereocenters. The van der Waals surface area contributed by atoms with Gasteiger partial charge in [0.15, 0.2) is 0 Å². The summed E-state index contributed by atoms with van der Waals surface area (Å²) in [6, 6.07) is 5.64. The molecular weight excluding hydrogens is 457 g/mol. The van der Waals surface area contributed by atoms with Gasteiger partial charge in [-0.15, -0.1) is 48.6 Å². The number of hydrogen-bond acceptors (Lipinski definition) is 8. The highest BCUT2D eigenvalue weighted by Crippen LogP contribution is 2.25. The molecule has 0 saturated carbocycles. The molecule has 0 radical (unpaired) electrons. The molecule has 4 N–H and O–H groups in total. The molecule has 0 aromatic carbocycles. The second-order valence-electron chi connectivity index (χ2n) is 6.00. The number of hydrogen-bond donors (Lipinski definition) is 3. The van der Waals surface area contributed by atoms with E-state index in [0.717, 1.165) is 30.2 Å². The summed E-state index contributed by atoms with van der Waals surface area (Å²) >= 11 is 1.43. The first kappa shape index (κ1) is 29.9. The Kier molecular flexibility index (Phi) is 16.0. The fraction of sp³-hybridized carbons (Fsp3) is 0.412. The van der Waals surface area contributed by atoms with Crippen LogP contribution >= 0.6 is 48.6 Å². The van der Waals surface area contributed by atoms with Gasteiger partial charge in [0.2, 0.25) is 11.0 Å². The van der Waals surface area contributed by atoms with Crippen LogP contribution in [0, 0.1) is 0 Å². The Hall–Kier alpha value is -1.33. The Labute approximate surface area is 194 Å². The zero-order chi connectivity index (χ0) is 18.9. The van der Waals surface area contributed by atoms with Crippen LogP contribution in [0.4, 0.5) is 5.13 Å². The highest BCUT2D eigenvalue weighted by Gasteiger charge is 2.07. The number of nitrogens with two attached hydrogens (primary N) is 1. The van der Waals surface area contributed by atoms with Gasteiger partial charge in [-0.05, 0) is 26.2 Å². The smallest absolute Gasteiger partial charge is 0.217 e. The summed E-state index contributed by atoms with van der Waals surface area (Å²) < 4.78 is 0. The summed E-state index contributed by atoms with van der Waals surface area (Å²) in [6.45, 7) is 3.57. The average molecular weight is 485 g/mol. The Morgan fingerprint density at radius 2 is 2.00 bits per heavy atom. The lowest BCUT2D eigenvalue weighted by Gasteiger charge is -2.12. The minimum Gasteiger partial charge on any atom is -0.351 e. The zero-order valence-corrected chi connectivity index (χ0v) is 19.8. The SMILES string of the molecule is CC(=O)NCc1cccc(-c2csc(N=CC(N)NCCN(C)C)n2)n1.Cl.Cl.Cl. The summed E-state index contributed by atoms with van der Waals surface area (Å²) in [5.41, 5.74) is 8.23. The molecule has 0 aliphatic rings. The van der Waals surface area contributed by atoms with Crippen molar-refractivity contribution in [2.45, 2.75) is 19.6 Å². The van der Waals surface area contributed by atoms with Gasteiger partial charge in [-0.25, -0.2) is 15.0 Å². The third kappa shape index (κ3) is 11.4. The van der Waals surface area contributed by atoms with Gasteiger partial charge in [0.1, 0.15) is 5.69 Å². The van der Waals surface area contributed by atoms with Gasteiger partial charge in [0.05, 0.1) is 24.1 Å². The molecule has 1 unspecified atom stereocenters. The van der Waals surface area contributed by atoms with Crippen LogP contribution < -0.4 is 16.4 Å². The Morgan fingerprint density at radius 1 is 1.28 bits per heavy atom. The van der Waals surface area contributed by atoms with Crippen molar-refractivity contribution in [1.82, 2.24) is 25.5 Å². The molecule has 0 spiro atoms. The lowest BCUT2D eigenvalue weighted by molar-refractivity contribution is -0.119. The molecule has 0 saturated heterocycles. The predicted octanol–water partition coefficient (Wildman–Crippen LogP) is 2.24. The maximum Gasteiger partial charge on any atom is 0.217 e. The number of carbonyl (C=O) groups excluding carboxylic acids is 1. The van der Waals surface area contributed by atoms with Crippen molar-refractivity contribution in [3.63, 3.8) is 0 Å². The van der Waals surface area contributed by atoms with E-state index in [-0.39, 0.29) is 49.3 Å². The lowest BCUT2D eigenvalue weighted by Crippen LogP contribution is -2.41. The summed E-state index contributed by atoms with van der Waals surface area (Å²) in [5.74, 6) is -0.0852. The molecule has 0 aliphatic carbocycles. The van der Waals surface area contributed by atoms with Gasteiger partial charge >= 0.3 is 0 Å². The number of rotatable bonds is 9. The molecule has 1 amide bonds. The molecule has 8 nitrogen and oxygen atoms in total. The van der Waals surface area contributed by atoms with Crippen LogP contribution in [0.25, 0.3) is 11.4 Å². The maximum atomic E-state index is 11.0. The fourth-order valence-corrected chi connectivity index (χ4v) is 2.69. The van der Waals surface area contributed by atoms with Crippen LogP contribution in [0.5, 0.6) is 0 Å². The van der Waals surface area contributed by atoms with E-state index in [2.05, 4.69) is 30.5 Å². The second kappa shape index (κ2) is 15.5. The van der Waals surface area contributed by atoms with Crippen molar-refractivity contribution in [2.24, 2.45) is 10.7 Å². The second-order valence-corrected chi connectivity index (χ2v) is 6.84. The Balaban J connectivity index is 0. The van der Waals surface area contributed by atoms with Gasteiger partial charge < -0.3 is 16.0 Å². The van der Waals surface area contributed by atoms with Crippen LogP contribution in [0.1, 0.15) is 12.6 Å². The number of nitrogens with zero attached hydrogens (tertiary/aromatic N) is 4. The molecule has 0 bridgehead atoms. The Bertz CT molecular complexity index is 758. The number of carbonyl (C=O) groups is 1. The minimum absolute atomic E-state index is 0. The maximum absolute atomic E-state index is 11.0. The van der Waals surface area contributed by atoms with Crippen LogP contribution in [-0.4, -0.2) is 60.3 Å². The number of likely N-dealkylation sites (N-methyl/N-ethyl adjacent to an activating group) is 1. The van der Waals surface area contributed by atoms with Crippen LogP contribution in [-0.2, 0) is 11.3 Å². The molecule has 0 fully saturated rings. The van der Waals surface area contributed by atoms with E-state index in [1.165, 1.54) is 18.3 Å². The number of amides is 1. The van der Waals surface area contributed by atoms with Crippen molar-refractivity contribution in [1.29, 1.82) is 0 Å². The fourth-order valence-electron chi connectivity index (χ4n) is 2.03. The minimum atomic E-state index is -0.318. The number of aliphatic imine (C=N–C) groups is 1. The van der Waals surface area contributed by atoms with Crippen molar-refractivity contribution in [3.05, 3.63) is 29.3 Å². The summed E-state index contributed by atoms with van der Waals surface area (Å²) in [7, 11) is 4.02. The summed E-state index contributed by atoms with van der Waals surface area (Å²) in [6.07, 6.45) is 1.33. The average Bonchev–Trinajstić information content (AvgIpc) is 3.07. The van der Waals surface area contributed by atoms with E-state index < -0.39 is 0 Å². The van der Waals surface area contributed by atoms with Gasteiger partial charge in [-0.3, -0.25) is 10.1 Å². The van der Waals surface area contributed by atoms with Gasteiger partial charge in [0.25, 0.3) is 0 Å². The molecule has 2 aromatic heterocycles. The van der Waals surface area contributed by atoms with Gasteiger partial charge in [-0.2, -0.15) is 0 Å². The van der Waals surface area contributed by atoms with Gasteiger partial charge in [-0.1, -0.05) is 6.07 Å². The van der Waals surface area contributed by atoms with E-state index in [1.807, 2.05) is 37.7 Å². The topological polar surface area (TPSA) is 109 Å². The van der Waals surface area contributed by atoms with Crippen LogP contribution in [0.3, 0.4) is 0 Å². The number of halogens is 3. The van der Waals surface area contributed by atoms with E-state index >= 15 is 0 Å². The number of nitrogens with one attached hydrogen (secondary N) is 2. The van der Waals surface area contributed by atoms with E-state index in [4.69, 9.17) is 5.73 Å². The molecule has 0 aliphatic heterocycles. The molecule has 29 heavy (non-hydrogen) atoms. The number of thiazole rings is 1. The summed E-state index contributed by atoms with van der Waals surface area (Å²) in [5, 5.41) is 8.43. The third-order valence-corrected chi connectivity index (χ3v) is 4.11. The van der Waals surface area contributed by atoms with E-state index in [0.29, 0.717) is 11.7 Å². The van der Waals surface area contributed by atoms with Crippen molar-refractivity contribution >= 4 is 65.8 Å². The number of pyridine rings is 1. The van der Waals surface area contributed by atoms with Crippen molar-refractivity contribution in [2.75, 3.05) is 27.2 Å². The van der Waals surface area contributed by atoms with E-state index in [1.54, 1.807) is 6.21 Å². The monoisotopic (exact) mass is 483 g/mol. The van der Waals surface area contributed by atoms with E-state index in [9.17, 15) is 4.79 Å². The van der Waals surface area contributed by atoms with Crippen LogP contribution in [0.2, 0.25) is 0 Å². The van der Waals surface area contributed by atoms with Crippen molar-refractivity contribution in [3.8, 4) is 11.4 Å². The first-order valence-electron chi connectivity index (χ1n) is 8.28. The molecule has 164 valence electrons. The van der Waals surface area contributed by atoms with Crippen LogP contribution in [0.15, 0.2) is 28.6 Å². The number of aromatic nitrogens is 2. The molecule has 2 rings (SSSR count). The lowest BCUT2D eigenvalue weighted by atomic mass is 10.2. The molecule has 2 aromatic rings. The third-order valence-electron chi connectivity index (χ3n) is 3.36. The predicted molar refractivity (Wildman–Crippen MR) is 127 cm³/mol. The largest absolute Gasteiger partial charge is 0.351 e.